The van der Waals surface area contributed by atoms with Crippen LogP contribution in [0.5, 0.6) is 0 Å². The summed E-state index contributed by atoms with van der Waals surface area (Å²) in [7, 11) is 1.30. The highest BCUT2D eigenvalue weighted by atomic mass is 16.5. The molecule has 1 amide bonds. The molecule has 7 heteroatoms. The van der Waals surface area contributed by atoms with Crippen LogP contribution in [0.1, 0.15) is 26.7 Å². The Labute approximate surface area is 131 Å². The molecule has 22 heavy (non-hydrogen) atoms. The van der Waals surface area contributed by atoms with Crippen LogP contribution >= 0.6 is 0 Å². The Kier molecular flexibility index (Phi) is 5.77. The number of nitrogens with zero attached hydrogens (tertiary/aromatic N) is 2. The van der Waals surface area contributed by atoms with Crippen molar-refractivity contribution in [2.45, 2.75) is 51.0 Å². The van der Waals surface area contributed by atoms with Crippen molar-refractivity contribution >= 4 is 11.9 Å². The summed E-state index contributed by atoms with van der Waals surface area (Å²) < 4.78 is 10.4. The fraction of sp³-hybridized carbons (Fsp3) is 0.867. The summed E-state index contributed by atoms with van der Waals surface area (Å²) in [6.45, 7) is 6.03. The molecule has 0 aromatic heterocycles. The molecule has 2 fully saturated rings. The number of rotatable bonds is 3. The van der Waals surface area contributed by atoms with E-state index in [9.17, 15) is 14.7 Å². The maximum Gasteiger partial charge on any atom is 0.328 e. The highest BCUT2D eigenvalue weighted by Crippen LogP contribution is 2.20. The molecule has 126 valence electrons. The normalized spacial score (nSPS) is 33.5. The van der Waals surface area contributed by atoms with Crippen LogP contribution in [0.2, 0.25) is 0 Å². The third-order valence-electron chi connectivity index (χ3n) is 4.22. The summed E-state index contributed by atoms with van der Waals surface area (Å²) in [5.41, 5.74) is 0. The summed E-state index contributed by atoms with van der Waals surface area (Å²) in [5.74, 6) is -0.556. The number of hydrogen-bond donors (Lipinski definition) is 1. The Hall–Kier alpha value is -1.18. The van der Waals surface area contributed by atoms with Gasteiger partial charge >= 0.3 is 5.97 Å². The van der Waals surface area contributed by atoms with Crippen molar-refractivity contribution in [3.8, 4) is 0 Å². The minimum atomic E-state index is -0.683. The van der Waals surface area contributed by atoms with Gasteiger partial charge in [0.25, 0.3) is 0 Å². The number of likely N-dealkylation sites (tertiary alicyclic amines) is 1. The minimum absolute atomic E-state index is 0.0936. The van der Waals surface area contributed by atoms with Gasteiger partial charge in [-0.1, -0.05) is 0 Å². The maximum atomic E-state index is 12.6. The molecule has 4 atom stereocenters. The molecule has 0 aromatic carbocycles. The number of piperidine rings is 1. The first kappa shape index (κ1) is 17.2. The van der Waals surface area contributed by atoms with Gasteiger partial charge in [0.05, 0.1) is 32.0 Å². The predicted octanol–water partition coefficient (Wildman–Crippen LogP) is -0.379. The van der Waals surface area contributed by atoms with E-state index in [4.69, 9.17) is 9.47 Å². The number of aliphatic hydroxyl groups excluding tert-OH is 1. The van der Waals surface area contributed by atoms with Crippen LogP contribution < -0.4 is 0 Å². The SMILES string of the molecule is COC(=O)[C@@H]1C[C@H](O)CCN1C(=O)CN1C[C@@H](C)O[C@@H](C)C1. The van der Waals surface area contributed by atoms with Crippen molar-refractivity contribution in [3.63, 3.8) is 0 Å². The van der Waals surface area contributed by atoms with Crippen LogP contribution in [0.4, 0.5) is 0 Å². The molecular weight excluding hydrogens is 288 g/mol. The number of amides is 1. The lowest BCUT2D eigenvalue weighted by Crippen LogP contribution is -2.56. The van der Waals surface area contributed by atoms with E-state index in [1.807, 2.05) is 13.8 Å². The highest BCUT2D eigenvalue weighted by Gasteiger charge is 2.37. The third kappa shape index (κ3) is 4.18. The van der Waals surface area contributed by atoms with E-state index in [0.717, 1.165) is 0 Å². The van der Waals surface area contributed by atoms with E-state index < -0.39 is 18.1 Å². The van der Waals surface area contributed by atoms with Crippen molar-refractivity contribution in [2.24, 2.45) is 0 Å². The zero-order valence-corrected chi connectivity index (χ0v) is 13.5. The molecule has 0 aromatic rings. The molecule has 0 saturated carbocycles. The van der Waals surface area contributed by atoms with Crippen LogP contribution in [0.3, 0.4) is 0 Å². The Morgan fingerprint density at radius 2 is 1.91 bits per heavy atom. The van der Waals surface area contributed by atoms with Gasteiger partial charge in [0.15, 0.2) is 0 Å². The predicted molar refractivity (Wildman–Crippen MR) is 79.2 cm³/mol. The van der Waals surface area contributed by atoms with Gasteiger partial charge in [-0.25, -0.2) is 4.79 Å². The summed E-state index contributed by atoms with van der Waals surface area (Å²) in [6, 6.07) is -0.683. The van der Waals surface area contributed by atoms with Gasteiger partial charge in [0.1, 0.15) is 6.04 Å². The number of methoxy groups -OCH3 is 1. The van der Waals surface area contributed by atoms with E-state index in [2.05, 4.69) is 4.90 Å². The molecule has 2 rings (SSSR count). The number of esters is 1. The second-order valence-electron chi connectivity index (χ2n) is 6.26. The van der Waals surface area contributed by atoms with Gasteiger partial charge in [-0.2, -0.15) is 0 Å². The van der Waals surface area contributed by atoms with Crippen LogP contribution in [0.15, 0.2) is 0 Å². The highest BCUT2D eigenvalue weighted by molar-refractivity contribution is 5.85. The second-order valence-corrected chi connectivity index (χ2v) is 6.26. The summed E-state index contributed by atoms with van der Waals surface area (Å²) >= 11 is 0. The average Bonchev–Trinajstić information content (AvgIpc) is 2.45. The molecule has 1 N–H and O–H groups in total. The van der Waals surface area contributed by atoms with E-state index >= 15 is 0 Å². The fourth-order valence-electron chi connectivity index (χ4n) is 3.30. The molecule has 2 saturated heterocycles. The Morgan fingerprint density at radius 3 is 2.50 bits per heavy atom. The molecule has 2 aliphatic heterocycles. The molecule has 0 bridgehead atoms. The zero-order chi connectivity index (χ0) is 16.3. The van der Waals surface area contributed by atoms with Crippen molar-refractivity contribution in [1.82, 2.24) is 9.80 Å². The van der Waals surface area contributed by atoms with Crippen LogP contribution in [-0.4, -0.2) is 84.4 Å². The van der Waals surface area contributed by atoms with Crippen molar-refractivity contribution < 1.29 is 24.2 Å². The monoisotopic (exact) mass is 314 g/mol. The second kappa shape index (κ2) is 7.39. The lowest BCUT2D eigenvalue weighted by atomic mass is 9.99. The van der Waals surface area contributed by atoms with E-state index in [1.165, 1.54) is 7.11 Å². The lowest BCUT2D eigenvalue weighted by Gasteiger charge is -2.39. The smallest absolute Gasteiger partial charge is 0.328 e. The molecule has 2 heterocycles. The molecule has 2 aliphatic rings. The van der Waals surface area contributed by atoms with Crippen LogP contribution in [0, 0.1) is 0 Å². The number of aliphatic hydroxyl groups is 1. The largest absolute Gasteiger partial charge is 0.467 e. The molecule has 7 nitrogen and oxygen atoms in total. The first-order chi connectivity index (χ1) is 10.4. The van der Waals surface area contributed by atoms with Gasteiger partial charge in [-0.3, -0.25) is 9.69 Å². The molecule has 0 unspecified atom stereocenters. The first-order valence-electron chi connectivity index (χ1n) is 7.84. The summed E-state index contributed by atoms with van der Waals surface area (Å²) in [6.07, 6.45) is 0.368. The molecule has 0 spiro atoms. The van der Waals surface area contributed by atoms with E-state index in [-0.39, 0.29) is 31.1 Å². The molecule has 0 aliphatic carbocycles. The van der Waals surface area contributed by atoms with Crippen LogP contribution in [-0.2, 0) is 19.1 Å². The molecule has 0 radical (unpaired) electrons. The number of carbonyl (C=O) groups is 2. The van der Waals surface area contributed by atoms with Gasteiger partial charge < -0.3 is 19.5 Å². The summed E-state index contributed by atoms with van der Waals surface area (Å²) in [4.78, 5) is 28.0. The van der Waals surface area contributed by atoms with Crippen molar-refractivity contribution in [1.29, 1.82) is 0 Å². The lowest BCUT2D eigenvalue weighted by molar-refractivity contribution is -0.158. The zero-order valence-electron chi connectivity index (χ0n) is 13.5. The maximum absolute atomic E-state index is 12.6. The minimum Gasteiger partial charge on any atom is -0.467 e. The van der Waals surface area contributed by atoms with Gasteiger partial charge in [0.2, 0.25) is 5.91 Å². The Bertz CT molecular complexity index is 407. The topological polar surface area (TPSA) is 79.3 Å². The Balaban J connectivity index is 1.98. The standard InChI is InChI=1S/C15H26N2O5/c1-10-7-16(8-11(2)22-10)9-14(19)17-5-4-12(18)6-13(17)15(20)21-3/h10-13,18H,4-9H2,1-3H3/t10-,11+,12-,13+/m1/s1. The number of ether oxygens (including phenoxy) is 2. The first-order valence-corrected chi connectivity index (χ1v) is 7.84. The fourth-order valence-corrected chi connectivity index (χ4v) is 3.30. The van der Waals surface area contributed by atoms with Gasteiger partial charge in [-0.05, 0) is 20.3 Å². The average molecular weight is 314 g/mol. The Morgan fingerprint density at radius 1 is 1.27 bits per heavy atom. The third-order valence-corrected chi connectivity index (χ3v) is 4.22. The van der Waals surface area contributed by atoms with Crippen molar-refractivity contribution in [3.05, 3.63) is 0 Å². The van der Waals surface area contributed by atoms with Gasteiger partial charge in [0, 0.05) is 26.1 Å². The quantitative estimate of drug-likeness (QED) is 0.716. The number of hydrogen-bond acceptors (Lipinski definition) is 6. The number of carbonyl (C=O) groups excluding carboxylic acids is 2. The van der Waals surface area contributed by atoms with E-state index in [1.54, 1.807) is 4.90 Å². The summed E-state index contributed by atoms with van der Waals surface area (Å²) in [5, 5.41) is 9.74. The van der Waals surface area contributed by atoms with Crippen LogP contribution in [0.25, 0.3) is 0 Å². The van der Waals surface area contributed by atoms with E-state index in [0.29, 0.717) is 26.1 Å². The number of morpholine rings is 1. The van der Waals surface area contributed by atoms with Crippen molar-refractivity contribution in [2.75, 3.05) is 33.3 Å². The van der Waals surface area contributed by atoms with Gasteiger partial charge in [-0.15, -0.1) is 0 Å². The molecular formula is C15H26N2O5.